The van der Waals surface area contributed by atoms with Crippen LogP contribution in [-0.2, 0) is 0 Å². The number of carbonyl (C=O) groups is 1. The molecular weight excluding hydrogens is 304 g/mol. The van der Waals surface area contributed by atoms with Gasteiger partial charge in [0, 0.05) is 12.1 Å². The molecule has 0 aliphatic carbocycles. The van der Waals surface area contributed by atoms with Crippen LogP contribution in [0.5, 0.6) is 11.5 Å². The van der Waals surface area contributed by atoms with Gasteiger partial charge in [0.1, 0.15) is 11.5 Å². The lowest BCUT2D eigenvalue weighted by molar-refractivity contribution is 0.0677. The molecule has 122 valence electrons. The molecule has 0 radical (unpaired) electrons. The summed E-state index contributed by atoms with van der Waals surface area (Å²) in [5, 5.41) is 18.2. The van der Waals surface area contributed by atoms with Gasteiger partial charge in [0.05, 0.1) is 24.3 Å². The molecule has 1 heterocycles. The number of aliphatic hydroxyl groups excluding tert-OH is 1. The Morgan fingerprint density at radius 2 is 2.04 bits per heavy atom. The van der Waals surface area contributed by atoms with Crippen molar-refractivity contribution >= 4 is 5.91 Å². The van der Waals surface area contributed by atoms with Crippen LogP contribution in [0.2, 0.25) is 0 Å². The van der Waals surface area contributed by atoms with E-state index in [0.29, 0.717) is 29.2 Å². The van der Waals surface area contributed by atoms with Gasteiger partial charge in [-0.25, -0.2) is 0 Å². The first-order valence-corrected chi connectivity index (χ1v) is 7.91. The van der Waals surface area contributed by atoms with E-state index in [-0.39, 0.29) is 18.6 Å². The van der Waals surface area contributed by atoms with Crippen molar-refractivity contribution in [3.05, 3.63) is 59.7 Å². The third-order valence-corrected chi connectivity index (χ3v) is 4.15. The topological polar surface area (TPSA) is 73.6 Å². The Morgan fingerprint density at radius 3 is 2.75 bits per heavy atom. The Balaban J connectivity index is 1.76. The van der Waals surface area contributed by atoms with Crippen LogP contribution < -0.4 is 4.74 Å². The third kappa shape index (κ3) is 3.39. The van der Waals surface area contributed by atoms with Gasteiger partial charge in [-0.05, 0) is 55.3 Å². The molecule has 0 saturated carbocycles. The fourth-order valence-corrected chi connectivity index (χ4v) is 2.88. The first-order valence-electron chi connectivity index (χ1n) is 7.91. The molecule has 2 aromatic carbocycles. The van der Waals surface area contributed by atoms with E-state index >= 15 is 0 Å². The number of nitriles is 1. The largest absolute Gasteiger partial charge is 0.457 e. The molecule has 24 heavy (non-hydrogen) atoms. The van der Waals surface area contributed by atoms with Crippen LogP contribution in [0.3, 0.4) is 0 Å². The predicted octanol–water partition coefficient (Wildman–Crippen LogP) is 2.95. The lowest BCUT2D eigenvalue weighted by Gasteiger charge is -2.23. The molecule has 1 atom stereocenters. The average molecular weight is 322 g/mol. The number of rotatable bonds is 4. The van der Waals surface area contributed by atoms with Crippen LogP contribution in [0.25, 0.3) is 0 Å². The Morgan fingerprint density at radius 1 is 1.25 bits per heavy atom. The quantitative estimate of drug-likeness (QED) is 0.939. The average Bonchev–Trinajstić information content (AvgIpc) is 3.10. The molecule has 1 N–H and O–H groups in total. The van der Waals surface area contributed by atoms with Crippen LogP contribution >= 0.6 is 0 Å². The summed E-state index contributed by atoms with van der Waals surface area (Å²) < 4.78 is 5.75. The highest BCUT2D eigenvalue weighted by molar-refractivity contribution is 5.95. The first kappa shape index (κ1) is 16.0. The van der Waals surface area contributed by atoms with Crippen LogP contribution in [0.4, 0.5) is 0 Å². The first-order chi connectivity index (χ1) is 11.7. The molecule has 1 amide bonds. The van der Waals surface area contributed by atoms with Gasteiger partial charge in [0.2, 0.25) is 0 Å². The lowest BCUT2D eigenvalue weighted by Crippen LogP contribution is -2.37. The van der Waals surface area contributed by atoms with Crippen LogP contribution in [-0.4, -0.2) is 35.1 Å². The van der Waals surface area contributed by atoms with Crippen LogP contribution in [0.1, 0.15) is 28.8 Å². The van der Waals surface area contributed by atoms with Crippen molar-refractivity contribution < 1.29 is 14.6 Å². The van der Waals surface area contributed by atoms with Crippen molar-refractivity contribution in [2.45, 2.75) is 18.9 Å². The van der Waals surface area contributed by atoms with E-state index in [0.717, 1.165) is 12.8 Å². The Hall–Kier alpha value is -2.84. The predicted molar refractivity (Wildman–Crippen MR) is 88.8 cm³/mol. The minimum Gasteiger partial charge on any atom is -0.457 e. The highest BCUT2D eigenvalue weighted by Gasteiger charge is 2.28. The molecule has 0 aromatic heterocycles. The van der Waals surface area contributed by atoms with Crippen molar-refractivity contribution in [1.29, 1.82) is 5.26 Å². The lowest BCUT2D eigenvalue weighted by atomic mass is 10.1. The molecule has 0 unspecified atom stereocenters. The highest BCUT2D eigenvalue weighted by atomic mass is 16.5. The minimum absolute atomic E-state index is 0.00677. The Bertz CT molecular complexity index is 765. The highest BCUT2D eigenvalue weighted by Crippen LogP contribution is 2.25. The van der Waals surface area contributed by atoms with Gasteiger partial charge in [-0.3, -0.25) is 4.79 Å². The van der Waals surface area contributed by atoms with E-state index in [1.165, 1.54) is 0 Å². The van der Waals surface area contributed by atoms with Gasteiger partial charge in [0.15, 0.2) is 0 Å². The second-order valence-electron chi connectivity index (χ2n) is 5.74. The van der Waals surface area contributed by atoms with E-state index in [1.807, 2.05) is 0 Å². The summed E-state index contributed by atoms with van der Waals surface area (Å²) >= 11 is 0. The maximum Gasteiger partial charge on any atom is 0.254 e. The Kier molecular flexibility index (Phi) is 4.78. The number of likely N-dealkylation sites (tertiary alicyclic amines) is 1. The molecule has 1 aliphatic rings. The van der Waals surface area contributed by atoms with Gasteiger partial charge in [0.25, 0.3) is 5.91 Å². The number of ether oxygens (including phenoxy) is 1. The summed E-state index contributed by atoms with van der Waals surface area (Å²) in [6, 6.07) is 15.8. The van der Waals surface area contributed by atoms with E-state index in [2.05, 4.69) is 6.07 Å². The number of hydrogen-bond donors (Lipinski definition) is 1. The maximum absolute atomic E-state index is 12.6. The molecular formula is C19H18N2O3. The number of nitrogens with zero attached hydrogens (tertiary/aromatic N) is 2. The number of amides is 1. The standard InChI is InChI=1S/C19H18N2O3/c20-12-14-6-8-17(9-7-14)24-18-5-1-3-15(11-18)19(23)21-10-2-4-16(21)13-22/h1,3,5-9,11,16,22H,2,4,10,13H2/t16-/m1/s1. The smallest absolute Gasteiger partial charge is 0.254 e. The zero-order chi connectivity index (χ0) is 16.9. The van der Waals surface area contributed by atoms with Crippen molar-refractivity contribution in [2.24, 2.45) is 0 Å². The number of aliphatic hydroxyl groups is 1. The molecule has 5 nitrogen and oxygen atoms in total. The molecule has 1 fully saturated rings. The number of hydrogen-bond acceptors (Lipinski definition) is 4. The van der Waals surface area contributed by atoms with Crippen LogP contribution in [0, 0.1) is 11.3 Å². The number of benzene rings is 2. The van der Waals surface area contributed by atoms with Gasteiger partial charge in [-0.2, -0.15) is 5.26 Å². The summed E-state index contributed by atoms with van der Waals surface area (Å²) in [7, 11) is 0. The molecule has 0 bridgehead atoms. The molecule has 1 saturated heterocycles. The van der Waals surface area contributed by atoms with Gasteiger partial charge >= 0.3 is 0 Å². The summed E-state index contributed by atoms with van der Waals surface area (Å²) in [5.41, 5.74) is 1.11. The van der Waals surface area contributed by atoms with Gasteiger partial charge < -0.3 is 14.7 Å². The summed E-state index contributed by atoms with van der Waals surface area (Å²) in [6.45, 7) is 0.665. The molecule has 2 aromatic rings. The van der Waals surface area contributed by atoms with E-state index in [9.17, 15) is 9.90 Å². The van der Waals surface area contributed by atoms with Crippen LogP contribution in [0.15, 0.2) is 48.5 Å². The maximum atomic E-state index is 12.6. The fraction of sp³-hybridized carbons (Fsp3) is 0.263. The van der Waals surface area contributed by atoms with E-state index in [1.54, 1.807) is 53.4 Å². The summed E-state index contributed by atoms with van der Waals surface area (Å²) in [4.78, 5) is 14.4. The normalized spacial score (nSPS) is 16.7. The number of carbonyl (C=O) groups excluding carboxylic acids is 1. The van der Waals surface area contributed by atoms with Crippen molar-refractivity contribution in [3.63, 3.8) is 0 Å². The molecule has 1 aliphatic heterocycles. The van der Waals surface area contributed by atoms with Crippen molar-refractivity contribution in [2.75, 3.05) is 13.2 Å². The van der Waals surface area contributed by atoms with E-state index < -0.39 is 0 Å². The summed E-state index contributed by atoms with van der Waals surface area (Å²) in [6.07, 6.45) is 1.75. The monoisotopic (exact) mass is 322 g/mol. The Labute approximate surface area is 140 Å². The minimum atomic E-state index is -0.0967. The molecule has 3 rings (SSSR count). The summed E-state index contributed by atoms with van der Waals surface area (Å²) in [5.74, 6) is 1.08. The molecule has 5 heteroatoms. The van der Waals surface area contributed by atoms with Gasteiger partial charge in [-0.1, -0.05) is 6.07 Å². The van der Waals surface area contributed by atoms with E-state index in [4.69, 9.17) is 10.00 Å². The van der Waals surface area contributed by atoms with Crippen molar-refractivity contribution in [3.8, 4) is 17.6 Å². The van der Waals surface area contributed by atoms with Gasteiger partial charge in [-0.15, -0.1) is 0 Å². The molecule has 0 spiro atoms. The zero-order valence-electron chi connectivity index (χ0n) is 13.2. The second kappa shape index (κ2) is 7.16. The zero-order valence-corrected chi connectivity index (χ0v) is 13.2. The fourth-order valence-electron chi connectivity index (χ4n) is 2.88. The SMILES string of the molecule is N#Cc1ccc(Oc2cccc(C(=O)N3CCC[C@@H]3CO)c2)cc1. The third-order valence-electron chi connectivity index (χ3n) is 4.15. The second-order valence-corrected chi connectivity index (χ2v) is 5.74. The van der Waals surface area contributed by atoms with Crippen molar-refractivity contribution in [1.82, 2.24) is 4.90 Å².